The standard InChI is InChI=1S/C14H10Br2FN3O3/c1-23-13-5-3-10(16)9(14(13)20(21)22)7-18-19-12-4-2-8(15)6-11(12)17/h2-7,19H,1H3/b18-7+. The van der Waals surface area contributed by atoms with Gasteiger partial charge < -0.3 is 4.74 Å². The van der Waals surface area contributed by atoms with Crippen LogP contribution in [0.15, 0.2) is 44.4 Å². The van der Waals surface area contributed by atoms with Crippen molar-refractivity contribution in [3.63, 3.8) is 0 Å². The zero-order chi connectivity index (χ0) is 17.0. The Balaban J connectivity index is 2.34. The monoisotopic (exact) mass is 445 g/mol. The van der Waals surface area contributed by atoms with Gasteiger partial charge in [0.25, 0.3) is 0 Å². The zero-order valence-corrected chi connectivity index (χ0v) is 14.9. The molecule has 0 heterocycles. The number of hydrogen-bond acceptors (Lipinski definition) is 5. The maximum absolute atomic E-state index is 13.7. The van der Waals surface area contributed by atoms with Crippen molar-refractivity contribution in [1.29, 1.82) is 0 Å². The number of nitrogens with zero attached hydrogens (tertiary/aromatic N) is 2. The predicted molar refractivity (Wildman–Crippen MR) is 92.7 cm³/mol. The third-order valence-corrected chi connectivity index (χ3v) is 4.02. The van der Waals surface area contributed by atoms with E-state index in [-0.39, 0.29) is 22.7 Å². The first-order chi connectivity index (χ1) is 10.9. The van der Waals surface area contributed by atoms with Gasteiger partial charge in [0.15, 0.2) is 5.75 Å². The Bertz CT molecular complexity index is 784. The van der Waals surface area contributed by atoms with E-state index in [2.05, 4.69) is 42.4 Å². The second-order valence-electron chi connectivity index (χ2n) is 4.26. The fraction of sp³-hybridized carbons (Fsp3) is 0.0714. The summed E-state index contributed by atoms with van der Waals surface area (Å²) in [6.07, 6.45) is 1.23. The summed E-state index contributed by atoms with van der Waals surface area (Å²) in [6, 6.07) is 7.49. The Labute approximate surface area is 147 Å². The lowest BCUT2D eigenvalue weighted by Crippen LogP contribution is -2.01. The molecule has 0 radical (unpaired) electrons. The quantitative estimate of drug-likeness (QED) is 0.409. The van der Waals surface area contributed by atoms with E-state index in [1.165, 1.54) is 31.5 Å². The molecule has 0 amide bonds. The van der Waals surface area contributed by atoms with Crippen LogP contribution in [-0.2, 0) is 0 Å². The molecular formula is C14H10Br2FN3O3. The molecule has 2 aromatic carbocycles. The lowest BCUT2D eigenvalue weighted by molar-refractivity contribution is -0.385. The molecule has 2 aromatic rings. The van der Waals surface area contributed by atoms with E-state index in [9.17, 15) is 14.5 Å². The summed E-state index contributed by atoms with van der Waals surface area (Å²) in [6.45, 7) is 0. The van der Waals surface area contributed by atoms with Gasteiger partial charge in [0.05, 0.1) is 29.5 Å². The third kappa shape index (κ3) is 4.05. The lowest BCUT2D eigenvalue weighted by atomic mass is 10.2. The normalized spacial score (nSPS) is 10.8. The van der Waals surface area contributed by atoms with E-state index in [1.807, 2.05) is 0 Å². The summed E-state index contributed by atoms with van der Waals surface area (Å²) >= 11 is 6.38. The van der Waals surface area contributed by atoms with Crippen LogP contribution in [0.4, 0.5) is 15.8 Å². The SMILES string of the molecule is COc1ccc(Br)c(/C=N/Nc2ccc(Br)cc2F)c1[N+](=O)[O-]. The highest BCUT2D eigenvalue weighted by atomic mass is 79.9. The summed E-state index contributed by atoms with van der Waals surface area (Å²) in [7, 11) is 1.34. The summed E-state index contributed by atoms with van der Waals surface area (Å²) in [5.41, 5.74) is 2.63. The minimum atomic E-state index is -0.564. The number of anilines is 1. The number of benzene rings is 2. The van der Waals surface area contributed by atoms with Crippen LogP contribution in [0.1, 0.15) is 5.56 Å². The van der Waals surface area contributed by atoms with Gasteiger partial charge in [0, 0.05) is 8.95 Å². The van der Waals surface area contributed by atoms with Crippen molar-refractivity contribution in [2.45, 2.75) is 0 Å². The molecular weight excluding hydrogens is 437 g/mol. The number of rotatable bonds is 5. The number of methoxy groups -OCH3 is 1. The van der Waals surface area contributed by atoms with E-state index < -0.39 is 10.7 Å². The van der Waals surface area contributed by atoms with Gasteiger partial charge in [-0.05, 0) is 46.3 Å². The van der Waals surface area contributed by atoms with Crippen LogP contribution >= 0.6 is 31.9 Å². The number of nitrogens with one attached hydrogen (secondary N) is 1. The third-order valence-electron chi connectivity index (χ3n) is 2.84. The van der Waals surface area contributed by atoms with Crippen molar-refractivity contribution in [3.8, 4) is 5.75 Å². The van der Waals surface area contributed by atoms with Crippen LogP contribution in [0.25, 0.3) is 0 Å². The smallest absolute Gasteiger partial charge is 0.320 e. The second-order valence-corrected chi connectivity index (χ2v) is 6.03. The van der Waals surface area contributed by atoms with Crippen LogP contribution in [0.3, 0.4) is 0 Å². The Morgan fingerprint density at radius 3 is 2.70 bits per heavy atom. The van der Waals surface area contributed by atoms with Gasteiger partial charge in [-0.3, -0.25) is 15.5 Å². The molecule has 0 aliphatic heterocycles. The van der Waals surface area contributed by atoms with E-state index in [0.29, 0.717) is 8.95 Å². The largest absolute Gasteiger partial charge is 0.490 e. The van der Waals surface area contributed by atoms with Gasteiger partial charge in [-0.25, -0.2) is 4.39 Å². The Morgan fingerprint density at radius 2 is 2.09 bits per heavy atom. The first-order valence-corrected chi connectivity index (χ1v) is 7.77. The Morgan fingerprint density at radius 1 is 1.35 bits per heavy atom. The van der Waals surface area contributed by atoms with Gasteiger partial charge in [-0.2, -0.15) is 5.10 Å². The number of halogens is 3. The zero-order valence-electron chi connectivity index (χ0n) is 11.7. The summed E-state index contributed by atoms with van der Waals surface area (Å²) < 4.78 is 19.7. The molecule has 23 heavy (non-hydrogen) atoms. The van der Waals surface area contributed by atoms with Gasteiger partial charge in [0.2, 0.25) is 0 Å². The molecule has 0 aliphatic carbocycles. The first-order valence-electron chi connectivity index (χ1n) is 6.19. The summed E-state index contributed by atoms with van der Waals surface area (Å²) in [4.78, 5) is 10.7. The molecule has 1 N–H and O–H groups in total. The first kappa shape index (κ1) is 17.4. The van der Waals surface area contributed by atoms with Crippen LogP contribution in [0.2, 0.25) is 0 Å². The minimum absolute atomic E-state index is 0.106. The van der Waals surface area contributed by atoms with Gasteiger partial charge in [0.1, 0.15) is 5.82 Å². The van der Waals surface area contributed by atoms with Crippen molar-refractivity contribution in [3.05, 3.63) is 60.8 Å². The van der Waals surface area contributed by atoms with Crippen molar-refractivity contribution in [2.24, 2.45) is 5.10 Å². The molecule has 0 atom stereocenters. The van der Waals surface area contributed by atoms with Gasteiger partial charge in [-0.15, -0.1) is 0 Å². The van der Waals surface area contributed by atoms with E-state index in [1.54, 1.807) is 12.1 Å². The summed E-state index contributed by atoms with van der Waals surface area (Å²) in [5.74, 6) is -0.398. The molecule has 2 rings (SSSR count). The average Bonchev–Trinajstić information content (AvgIpc) is 2.50. The highest BCUT2D eigenvalue weighted by Gasteiger charge is 2.22. The predicted octanol–water partition coefficient (Wildman–Crippen LogP) is 4.71. The number of hydrogen-bond donors (Lipinski definition) is 1. The van der Waals surface area contributed by atoms with E-state index in [0.717, 1.165) is 0 Å². The van der Waals surface area contributed by atoms with Gasteiger partial charge >= 0.3 is 5.69 Å². The highest BCUT2D eigenvalue weighted by molar-refractivity contribution is 9.10. The van der Waals surface area contributed by atoms with Crippen LogP contribution in [0.5, 0.6) is 5.75 Å². The lowest BCUT2D eigenvalue weighted by Gasteiger charge is -2.06. The topological polar surface area (TPSA) is 76.8 Å². The number of nitro benzene ring substituents is 1. The number of nitro groups is 1. The Hall–Kier alpha value is -2.00. The molecule has 0 unspecified atom stereocenters. The maximum atomic E-state index is 13.7. The van der Waals surface area contributed by atoms with Crippen molar-refractivity contribution in [1.82, 2.24) is 0 Å². The van der Waals surface area contributed by atoms with Crippen LogP contribution in [0, 0.1) is 15.9 Å². The highest BCUT2D eigenvalue weighted by Crippen LogP contribution is 2.34. The molecule has 6 nitrogen and oxygen atoms in total. The Kier molecular flexibility index (Phi) is 5.67. The number of ether oxygens (including phenoxy) is 1. The average molecular weight is 447 g/mol. The molecule has 0 aliphatic rings. The van der Waals surface area contributed by atoms with Crippen molar-refractivity contribution < 1.29 is 14.1 Å². The molecule has 0 saturated carbocycles. The molecule has 0 aromatic heterocycles. The minimum Gasteiger partial charge on any atom is -0.490 e. The maximum Gasteiger partial charge on any atom is 0.320 e. The molecule has 120 valence electrons. The van der Waals surface area contributed by atoms with Crippen LogP contribution in [-0.4, -0.2) is 18.2 Å². The molecule has 0 bridgehead atoms. The fourth-order valence-electron chi connectivity index (χ4n) is 1.79. The van der Waals surface area contributed by atoms with Crippen LogP contribution < -0.4 is 10.2 Å². The second kappa shape index (κ2) is 7.51. The molecule has 9 heteroatoms. The fourth-order valence-corrected chi connectivity index (χ4v) is 2.54. The molecule has 0 fully saturated rings. The molecule has 0 saturated heterocycles. The van der Waals surface area contributed by atoms with Crippen molar-refractivity contribution >= 4 is 49.4 Å². The summed E-state index contributed by atoms with van der Waals surface area (Å²) in [5, 5.41) is 15.1. The number of hydrazone groups is 1. The molecule has 0 spiro atoms. The van der Waals surface area contributed by atoms with E-state index in [4.69, 9.17) is 4.74 Å². The van der Waals surface area contributed by atoms with Crippen molar-refractivity contribution in [2.75, 3.05) is 12.5 Å². The van der Waals surface area contributed by atoms with Gasteiger partial charge in [-0.1, -0.05) is 15.9 Å². The van der Waals surface area contributed by atoms with E-state index >= 15 is 0 Å².